The van der Waals surface area contributed by atoms with Crippen LogP contribution in [0.1, 0.15) is 0 Å². The van der Waals surface area contributed by atoms with Gasteiger partial charge in [-0.1, -0.05) is 0 Å². The Morgan fingerprint density at radius 1 is 0.818 bits per heavy atom. The second-order valence-electron chi connectivity index (χ2n) is 0. The molecule has 0 aliphatic heterocycles. The van der Waals surface area contributed by atoms with Gasteiger partial charge in [0.25, 0.3) is 0 Å². The number of rotatable bonds is 0. The van der Waals surface area contributed by atoms with Gasteiger partial charge < -0.3 is 16.4 Å². The van der Waals surface area contributed by atoms with Crippen LogP contribution in [0.25, 0.3) is 0 Å². The Labute approximate surface area is 121 Å². The molecule has 11 heavy (non-hydrogen) atoms. The second kappa shape index (κ2) is 280. The molecule has 0 aromatic rings. The third-order valence-corrected chi connectivity index (χ3v) is 0. The summed E-state index contributed by atoms with van der Waals surface area (Å²) < 4.78 is 24.1. The van der Waals surface area contributed by atoms with E-state index in [1.807, 2.05) is 0 Å². The summed E-state index contributed by atoms with van der Waals surface area (Å²) in [4.78, 5) is 0. The molecule has 0 atom stereocenters. The van der Waals surface area contributed by atoms with Crippen molar-refractivity contribution in [3.63, 3.8) is 0 Å². The van der Waals surface area contributed by atoms with Crippen LogP contribution in [0.15, 0.2) is 0 Å². The van der Waals surface area contributed by atoms with Crippen LogP contribution in [0.3, 0.4) is 0 Å². The average molecular weight is 269 g/mol. The van der Waals surface area contributed by atoms with Crippen molar-refractivity contribution < 1.29 is 73.4 Å². The van der Waals surface area contributed by atoms with Crippen LogP contribution in [0, 0.1) is 0 Å². The van der Waals surface area contributed by atoms with Gasteiger partial charge in [-0.3, -0.25) is 0 Å². The van der Waals surface area contributed by atoms with Crippen LogP contribution in [0.2, 0.25) is 0 Å². The Morgan fingerprint density at radius 2 is 0.818 bits per heavy atom. The van der Waals surface area contributed by atoms with Gasteiger partial charge in [-0.15, -0.1) is 0 Å². The van der Waals surface area contributed by atoms with Crippen LogP contribution >= 0.6 is 0 Å². The van der Waals surface area contributed by atoms with Crippen molar-refractivity contribution in [3.05, 3.63) is 0 Å². The standard InChI is InChI=1S/3Al.Cu.Na.3H2O.3O/h;;;;;3*1H2;;;/q;;;;+1;;;;;;/p-1. The van der Waals surface area contributed by atoms with E-state index in [9.17, 15) is 0 Å². The van der Waals surface area contributed by atoms with Crippen molar-refractivity contribution in [3.8, 4) is 0 Å². The van der Waals surface area contributed by atoms with Gasteiger partial charge in [0.2, 0.25) is 0 Å². The van der Waals surface area contributed by atoms with E-state index >= 15 is 0 Å². The van der Waals surface area contributed by atoms with E-state index in [4.69, 9.17) is 11.4 Å². The quantitative estimate of drug-likeness (QED) is 0.402. The first-order valence-electron chi connectivity index (χ1n) is 0.594. The van der Waals surface area contributed by atoms with Crippen LogP contribution < -0.4 is 29.6 Å². The maximum absolute atomic E-state index is 8.17. The first-order chi connectivity index (χ1) is 3.00. The van der Waals surface area contributed by atoms with Gasteiger partial charge in [0, 0.05) is 17.4 Å². The van der Waals surface area contributed by atoms with E-state index in [0.29, 0.717) is 0 Å². The molecule has 6 nitrogen and oxygen atoms in total. The summed E-state index contributed by atoms with van der Waals surface area (Å²) in [6, 6.07) is 0. The van der Waals surface area contributed by atoms with E-state index < -0.39 is 0 Å². The molecular formula is H5Al3CuNaO6. The molecule has 0 spiro atoms. The van der Waals surface area contributed by atoms with Gasteiger partial charge in [-0.25, -0.2) is 0 Å². The maximum atomic E-state index is 8.17. The Balaban J connectivity index is -0.00000000167. The molecule has 62 valence electrons. The summed E-state index contributed by atoms with van der Waals surface area (Å²) in [5, 5.41) is 0. The Bertz CT molecular complexity index is 22.5. The topological polar surface area (TPSA) is 144 Å². The molecule has 5 N–H and O–H groups in total. The Hall–Kier alpha value is 2.40. The fraction of sp³-hybridized carbons (Fsp3) is 0. The van der Waals surface area contributed by atoms with Crippen molar-refractivity contribution in [1.29, 1.82) is 0 Å². The van der Waals surface area contributed by atoms with Crippen molar-refractivity contribution in [2.45, 2.75) is 0 Å². The molecule has 0 amide bonds. The molecule has 0 bridgehead atoms. The van der Waals surface area contributed by atoms with Crippen molar-refractivity contribution in [2.24, 2.45) is 0 Å². The molecular weight excluding hydrogens is 263 g/mol. The van der Waals surface area contributed by atoms with Crippen LogP contribution in [0.5, 0.6) is 0 Å². The molecule has 11 heteroatoms. The molecule has 0 aliphatic carbocycles. The molecule has 0 aliphatic rings. The zero-order chi connectivity index (χ0) is 6.00. The van der Waals surface area contributed by atoms with E-state index in [1.165, 1.54) is 32.4 Å². The summed E-state index contributed by atoms with van der Waals surface area (Å²) in [5.74, 6) is 0. The van der Waals surface area contributed by atoms with Crippen LogP contribution in [0.4, 0.5) is 0 Å². The average Bonchev–Trinajstić information content (AvgIpc) is 1.81. The van der Waals surface area contributed by atoms with Crippen LogP contribution in [-0.2, 0) is 27.4 Å². The van der Waals surface area contributed by atoms with Crippen molar-refractivity contribution in [1.82, 2.24) is 0 Å². The first-order valence-corrected chi connectivity index (χ1v) is 1.92. The molecule has 0 aromatic carbocycles. The molecule has 0 rings (SSSR count). The summed E-state index contributed by atoms with van der Waals surface area (Å²) in [5.41, 5.74) is 0. The minimum absolute atomic E-state index is 0. The Kier molecular flexibility index (Phi) is 1800. The molecule has 0 aromatic heterocycles. The third-order valence-electron chi connectivity index (χ3n) is 0. The van der Waals surface area contributed by atoms with Crippen LogP contribution in [-0.4, -0.2) is 66.2 Å². The van der Waals surface area contributed by atoms with Gasteiger partial charge in [0.15, 0.2) is 0 Å². The summed E-state index contributed by atoms with van der Waals surface area (Å²) in [6.45, 7) is 0. The van der Waals surface area contributed by atoms with E-state index in [1.54, 1.807) is 0 Å². The zero-order valence-corrected chi connectivity index (χ0v) is 12.1. The number of hydrogen-bond acceptors (Lipinski definition) is 4. The molecule has 0 unspecified atom stereocenters. The van der Waals surface area contributed by atoms with Gasteiger partial charge in [-0.05, 0) is 0 Å². The third kappa shape index (κ3) is 233. The zero-order valence-electron chi connectivity index (χ0n) is 5.71. The predicted octanol–water partition coefficient (Wildman–Crippen LogP) is -6.32. The molecule has 5 radical (unpaired) electrons. The molecule has 0 fully saturated rings. The van der Waals surface area contributed by atoms with E-state index in [2.05, 4.69) is 15.9 Å². The molecule has 0 heterocycles. The molecule has 0 saturated carbocycles. The molecule has 0 saturated heterocycles. The Morgan fingerprint density at radius 3 is 0.818 bits per heavy atom. The van der Waals surface area contributed by atoms with E-state index in [-0.39, 0.29) is 63.3 Å². The van der Waals surface area contributed by atoms with Gasteiger partial charge >= 0.3 is 89.4 Å². The second-order valence-corrected chi connectivity index (χ2v) is 0. The number of hydrogen-bond donors (Lipinski definition) is 0. The van der Waals surface area contributed by atoms with Gasteiger partial charge in [0.05, 0.1) is 0 Å². The SMILES string of the molecule is O.O.[Al].[Na+].[OH-].[O]=[Al].[O]=[Al].[O]=[Cu]. The van der Waals surface area contributed by atoms with E-state index in [0.717, 1.165) is 0 Å². The van der Waals surface area contributed by atoms with Gasteiger partial charge in [0.1, 0.15) is 0 Å². The monoisotopic (exact) mass is 268 g/mol. The first kappa shape index (κ1) is 70.7. The predicted molar refractivity (Wildman–Crippen MR) is 28.5 cm³/mol. The van der Waals surface area contributed by atoms with Crippen molar-refractivity contribution in [2.75, 3.05) is 0 Å². The fourth-order valence-electron chi connectivity index (χ4n) is 0. The minimum atomic E-state index is 0. The summed E-state index contributed by atoms with van der Waals surface area (Å²) in [7, 11) is 0. The van der Waals surface area contributed by atoms with Gasteiger partial charge in [-0.2, -0.15) is 0 Å². The van der Waals surface area contributed by atoms with Crippen molar-refractivity contribution >= 4 is 49.8 Å². The summed E-state index contributed by atoms with van der Waals surface area (Å²) in [6.07, 6.45) is 0. The normalized spacial score (nSPS) is 1.09. The summed E-state index contributed by atoms with van der Waals surface area (Å²) >= 11 is 5.27. The fourth-order valence-corrected chi connectivity index (χ4v) is 0.